The minimum Gasteiger partial charge on any atom is -0.449 e. The lowest BCUT2D eigenvalue weighted by atomic mass is 9.69. The van der Waals surface area contributed by atoms with E-state index in [1.165, 1.54) is 35.6 Å². The number of thiazole rings is 1. The van der Waals surface area contributed by atoms with Gasteiger partial charge < -0.3 is 15.4 Å². The monoisotopic (exact) mass is 507 g/mol. The van der Waals surface area contributed by atoms with Crippen LogP contribution in [0.4, 0.5) is 19.3 Å². The minimum atomic E-state index is -1.09. The summed E-state index contributed by atoms with van der Waals surface area (Å²) < 4.78 is 33.8. The Morgan fingerprint density at radius 2 is 2.09 bits per heavy atom. The van der Waals surface area contributed by atoms with Crippen molar-refractivity contribution in [2.45, 2.75) is 39.2 Å². The molecule has 2 N–H and O–H groups in total. The summed E-state index contributed by atoms with van der Waals surface area (Å²) in [6, 6.07) is 3.34. The molecule has 3 atom stereocenters. The number of rotatable bonds is 6. The number of carbonyl (C=O) groups is 2. The molecule has 1 aromatic heterocycles. The lowest BCUT2D eigenvalue weighted by molar-refractivity contribution is -0.113. The van der Waals surface area contributed by atoms with E-state index in [2.05, 4.69) is 15.6 Å². The molecule has 0 spiro atoms. The number of anilines is 1. The third-order valence-electron chi connectivity index (χ3n) is 6.63. The average Bonchev–Trinajstić information content (AvgIpc) is 3.35. The Morgan fingerprint density at radius 3 is 2.79 bits per heavy atom. The number of fused-ring (bicyclic) bond motifs is 1. The van der Waals surface area contributed by atoms with E-state index >= 15 is 4.39 Å². The quantitative estimate of drug-likeness (QED) is 0.523. The molecule has 4 rings (SSSR count). The fraction of sp³-hybridized carbons (Fsp3) is 0.375. The molecule has 0 radical (unpaired) electrons. The molecule has 2 unspecified atom stereocenters. The zero-order valence-electron chi connectivity index (χ0n) is 18.7. The van der Waals surface area contributed by atoms with Gasteiger partial charge in [0.1, 0.15) is 11.6 Å². The van der Waals surface area contributed by atoms with Crippen molar-refractivity contribution in [3.05, 3.63) is 68.7 Å². The molecule has 0 bridgehead atoms. The van der Waals surface area contributed by atoms with Gasteiger partial charge in [-0.1, -0.05) is 24.6 Å². The van der Waals surface area contributed by atoms with E-state index in [0.717, 1.165) is 16.6 Å². The van der Waals surface area contributed by atoms with Gasteiger partial charge in [0, 0.05) is 39.9 Å². The van der Waals surface area contributed by atoms with Crippen LogP contribution in [0.15, 0.2) is 47.3 Å². The molecular weight excluding hydrogens is 484 g/mol. The number of hydrogen-bond donors (Lipinski definition) is 2. The first-order valence-corrected chi connectivity index (χ1v) is 12.1. The average molecular weight is 508 g/mol. The summed E-state index contributed by atoms with van der Waals surface area (Å²) in [5.41, 5.74) is 2.29. The van der Waals surface area contributed by atoms with Gasteiger partial charge in [-0.3, -0.25) is 4.79 Å². The van der Waals surface area contributed by atoms with Crippen LogP contribution in [0.25, 0.3) is 0 Å². The third-order valence-corrected chi connectivity index (χ3v) is 7.91. The Hall–Kier alpha value is -2.78. The second-order valence-electron chi connectivity index (χ2n) is 8.58. The Balaban J connectivity index is 1.41. The van der Waals surface area contributed by atoms with Crippen LogP contribution in [0.2, 0.25) is 5.02 Å². The van der Waals surface area contributed by atoms with Gasteiger partial charge in [0.25, 0.3) is 5.91 Å². The van der Waals surface area contributed by atoms with Crippen molar-refractivity contribution in [1.29, 1.82) is 0 Å². The van der Waals surface area contributed by atoms with Gasteiger partial charge in [-0.05, 0) is 44.0 Å². The zero-order valence-corrected chi connectivity index (χ0v) is 20.2. The van der Waals surface area contributed by atoms with Crippen LogP contribution < -0.4 is 10.6 Å². The van der Waals surface area contributed by atoms with Crippen molar-refractivity contribution in [2.24, 2.45) is 11.3 Å². The first-order valence-electron chi connectivity index (χ1n) is 10.9. The second-order valence-corrected chi connectivity index (χ2v) is 9.92. The molecular formula is C24H24ClF2N3O3S. The Bertz CT molecular complexity index is 1180. The van der Waals surface area contributed by atoms with E-state index in [1.54, 1.807) is 12.4 Å². The molecule has 1 fully saturated rings. The zero-order chi connectivity index (χ0) is 24.5. The summed E-state index contributed by atoms with van der Waals surface area (Å²) in [4.78, 5) is 30.6. The molecule has 1 saturated carbocycles. The molecule has 1 aromatic carbocycles. The van der Waals surface area contributed by atoms with Crippen molar-refractivity contribution >= 4 is 40.6 Å². The number of halogens is 3. The molecule has 0 aliphatic heterocycles. The smallest absolute Gasteiger partial charge is 0.407 e. The number of hydrogen-bond acceptors (Lipinski definition) is 5. The van der Waals surface area contributed by atoms with E-state index in [1.807, 2.05) is 6.92 Å². The van der Waals surface area contributed by atoms with Gasteiger partial charge >= 0.3 is 6.09 Å². The molecule has 6 nitrogen and oxygen atoms in total. The molecule has 2 aliphatic rings. The standard InChI is InChI=1S/C24H24ClF2N3O3S/c1-13-19(34-12-28-13)9-10-33-23(32)30-21-8-5-16-15(4-7-20(27)24(16,21)2)22(31)29-14-3-6-18(26)17(25)11-14/h3-4,6-7,11-12,16,21H,5,8-10H2,1-2H3,(H,29,31)(H,30,32)/t16?,21-,24?/m0/s1. The Labute approximate surface area is 205 Å². The number of allylic oxidation sites excluding steroid dienone is 2. The topological polar surface area (TPSA) is 80.3 Å². The maximum Gasteiger partial charge on any atom is 0.407 e. The summed E-state index contributed by atoms with van der Waals surface area (Å²) in [6.07, 6.45) is 3.65. The van der Waals surface area contributed by atoms with Crippen LogP contribution in [-0.4, -0.2) is 29.6 Å². The van der Waals surface area contributed by atoms with E-state index in [0.29, 0.717) is 30.5 Å². The summed E-state index contributed by atoms with van der Waals surface area (Å²) in [7, 11) is 0. The number of benzene rings is 1. The number of amides is 2. The van der Waals surface area contributed by atoms with Crippen LogP contribution in [0.5, 0.6) is 0 Å². The van der Waals surface area contributed by atoms with Gasteiger partial charge in [0.2, 0.25) is 0 Å². The summed E-state index contributed by atoms with van der Waals surface area (Å²) in [5, 5.41) is 5.38. The summed E-state index contributed by atoms with van der Waals surface area (Å²) >= 11 is 7.30. The van der Waals surface area contributed by atoms with E-state index in [4.69, 9.17) is 16.3 Å². The number of alkyl carbamates (subject to hydrolysis) is 1. The van der Waals surface area contributed by atoms with Gasteiger partial charge in [0.05, 0.1) is 22.8 Å². The Kier molecular flexibility index (Phi) is 7.04. The van der Waals surface area contributed by atoms with Gasteiger partial charge in [-0.25, -0.2) is 18.6 Å². The number of aryl methyl sites for hydroxylation is 1. The summed E-state index contributed by atoms with van der Waals surface area (Å²) in [6.45, 7) is 3.79. The number of nitrogens with zero attached hydrogens (tertiary/aromatic N) is 1. The molecule has 2 aromatic rings. The van der Waals surface area contributed by atoms with Crippen LogP contribution >= 0.6 is 22.9 Å². The van der Waals surface area contributed by atoms with Crippen LogP contribution in [0, 0.1) is 24.1 Å². The second kappa shape index (κ2) is 9.84. The van der Waals surface area contributed by atoms with Crippen molar-refractivity contribution in [3.63, 3.8) is 0 Å². The summed E-state index contributed by atoms with van der Waals surface area (Å²) in [5.74, 6) is -1.86. The van der Waals surface area contributed by atoms with E-state index in [9.17, 15) is 14.0 Å². The highest BCUT2D eigenvalue weighted by Crippen LogP contribution is 2.54. The number of carbonyl (C=O) groups excluding carboxylic acids is 2. The third kappa shape index (κ3) is 4.72. The highest BCUT2D eigenvalue weighted by Gasteiger charge is 2.54. The maximum atomic E-state index is 15.1. The van der Waals surface area contributed by atoms with E-state index in [-0.39, 0.29) is 11.6 Å². The van der Waals surface area contributed by atoms with Crippen molar-refractivity contribution in [3.8, 4) is 0 Å². The highest BCUT2D eigenvalue weighted by molar-refractivity contribution is 7.09. The minimum absolute atomic E-state index is 0.111. The Morgan fingerprint density at radius 1 is 1.29 bits per heavy atom. The molecule has 2 amide bonds. The molecule has 10 heteroatoms. The number of aromatic nitrogens is 1. The van der Waals surface area contributed by atoms with E-state index < -0.39 is 41.0 Å². The molecule has 0 saturated heterocycles. The fourth-order valence-corrected chi connectivity index (χ4v) is 5.61. The lowest BCUT2D eigenvalue weighted by Crippen LogP contribution is -2.47. The van der Waals surface area contributed by atoms with Crippen LogP contribution in [-0.2, 0) is 16.0 Å². The largest absolute Gasteiger partial charge is 0.449 e. The highest BCUT2D eigenvalue weighted by atomic mass is 35.5. The lowest BCUT2D eigenvalue weighted by Gasteiger charge is -2.38. The maximum absolute atomic E-state index is 15.1. The predicted octanol–water partition coefficient (Wildman–Crippen LogP) is 5.73. The van der Waals surface area contributed by atoms with Gasteiger partial charge in [-0.15, -0.1) is 11.3 Å². The van der Waals surface area contributed by atoms with Crippen molar-refractivity contribution in [2.75, 3.05) is 11.9 Å². The van der Waals surface area contributed by atoms with Gasteiger partial charge in [0.15, 0.2) is 0 Å². The SMILES string of the molecule is Cc1ncsc1CCOC(=O)N[C@H]1CCC2C(C(=O)Nc3ccc(F)c(Cl)c3)=CC=C(F)C21C. The predicted molar refractivity (Wildman–Crippen MR) is 127 cm³/mol. The molecule has 1 heterocycles. The number of ether oxygens (including phenoxy) is 1. The first-order chi connectivity index (χ1) is 16.2. The van der Waals surface area contributed by atoms with Crippen LogP contribution in [0.3, 0.4) is 0 Å². The molecule has 34 heavy (non-hydrogen) atoms. The molecule has 2 aliphatic carbocycles. The first kappa shape index (κ1) is 24.3. The van der Waals surface area contributed by atoms with Crippen molar-refractivity contribution < 1.29 is 23.1 Å². The number of nitrogens with one attached hydrogen (secondary N) is 2. The normalized spacial score (nSPS) is 23.6. The fourth-order valence-electron chi connectivity index (χ4n) is 4.67. The van der Waals surface area contributed by atoms with Crippen LogP contribution in [0.1, 0.15) is 30.3 Å². The van der Waals surface area contributed by atoms with Gasteiger partial charge in [-0.2, -0.15) is 0 Å². The molecule has 180 valence electrons. The van der Waals surface area contributed by atoms with Crippen molar-refractivity contribution in [1.82, 2.24) is 10.3 Å².